The summed E-state index contributed by atoms with van der Waals surface area (Å²) in [6.07, 6.45) is 2.16. The zero-order valence-electron chi connectivity index (χ0n) is 13.5. The summed E-state index contributed by atoms with van der Waals surface area (Å²) in [5.74, 6) is 1.50. The molecule has 0 atom stereocenters. The molecule has 0 N–H and O–H groups in total. The first-order chi connectivity index (χ1) is 11.2. The lowest BCUT2D eigenvalue weighted by Crippen LogP contribution is -2.49. The summed E-state index contributed by atoms with van der Waals surface area (Å²) in [4.78, 5) is 21.3. The van der Waals surface area contributed by atoms with Crippen molar-refractivity contribution in [3.63, 3.8) is 0 Å². The molecule has 122 valence electrons. The molecule has 1 aliphatic carbocycles. The van der Waals surface area contributed by atoms with Gasteiger partial charge in [0.15, 0.2) is 5.13 Å². The number of benzene rings is 1. The number of ether oxygens (including phenoxy) is 1. The van der Waals surface area contributed by atoms with Gasteiger partial charge in [0.1, 0.15) is 11.3 Å². The molecule has 2 fully saturated rings. The molecule has 2 aromatic rings. The SMILES string of the molecule is COc1ccc(C)c2sc(N3CCN(C(=O)C4CC4)CC3)nc12. The van der Waals surface area contributed by atoms with Gasteiger partial charge in [-0.1, -0.05) is 17.4 Å². The Labute approximate surface area is 139 Å². The third-order valence-corrected chi connectivity index (χ3v) is 5.95. The second kappa shape index (κ2) is 5.67. The Morgan fingerprint density at radius 2 is 2.00 bits per heavy atom. The lowest BCUT2D eigenvalue weighted by Gasteiger charge is -2.34. The van der Waals surface area contributed by atoms with Gasteiger partial charge in [0.2, 0.25) is 5.91 Å². The third kappa shape index (κ3) is 2.65. The summed E-state index contributed by atoms with van der Waals surface area (Å²) in [6, 6.07) is 4.06. The van der Waals surface area contributed by atoms with E-state index in [0.29, 0.717) is 11.8 Å². The maximum absolute atomic E-state index is 12.2. The van der Waals surface area contributed by atoms with E-state index in [9.17, 15) is 4.79 Å². The lowest BCUT2D eigenvalue weighted by molar-refractivity contribution is -0.132. The molecule has 6 heteroatoms. The molecule has 0 spiro atoms. The maximum Gasteiger partial charge on any atom is 0.225 e. The number of rotatable bonds is 3. The van der Waals surface area contributed by atoms with Crippen LogP contribution in [-0.4, -0.2) is 49.1 Å². The highest BCUT2D eigenvalue weighted by Crippen LogP contribution is 2.37. The molecule has 1 aliphatic heterocycles. The second-order valence-electron chi connectivity index (χ2n) is 6.35. The first-order valence-corrected chi connectivity index (χ1v) is 8.97. The number of hydrogen-bond donors (Lipinski definition) is 0. The Kier molecular flexibility index (Phi) is 3.64. The average molecular weight is 331 g/mol. The number of amides is 1. The van der Waals surface area contributed by atoms with E-state index in [2.05, 4.69) is 17.9 Å². The van der Waals surface area contributed by atoms with Crippen LogP contribution in [0.4, 0.5) is 5.13 Å². The van der Waals surface area contributed by atoms with Crippen molar-refractivity contribution >= 4 is 32.6 Å². The molecule has 1 amide bonds. The summed E-state index contributed by atoms with van der Waals surface area (Å²) in [6.45, 7) is 5.44. The standard InChI is InChI=1S/C17H21N3O2S/c1-11-3-6-13(22-2)14-15(11)23-17(18-14)20-9-7-19(8-10-20)16(21)12-4-5-12/h3,6,12H,4-5,7-10H2,1-2H3. The van der Waals surface area contributed by atoms with Crippen molar-refractivity contribution in [3.8, 4) is 5.75 Å². The molecule has 1 saturated heterocycles. The number of anilines is 1. The summed E-state index contributed by atoms with van der Waals surface area (Å²) >= 11 is 1.72. The van der Waals surface area contributed by atoms with Crippen molar-refractivity contribution in [3.05, 3.63) is 17.7 Å². The topological polar surface area (TPSA) is 45.7 Å². The molecule has 0 bridgehead atoms. The Balaban J connectivity index is 1.54. The van der Waals surface area contributed by atoms with Crippen LogP contribution in [0.2, 0.25) is 0 Å². The molecule has 0 unspecified atom stereocenters. The van der Waals surface area contributed by atoms with Gasteiger partial charge in [-0.2, -0.15) is 0 Å². The predicted molar refractivity (Wildman–Crippen MR) is 92.4 cm³/mol. The first-order valence-electron chi connectivity index (χ1n) is 8.15. The number of carbonyl (C=O) groups excluding carboxylic acids is 1. The predicted octanol–water partition coefficient (Wildman–Crippen LogP) is 2.67. The minimum absolute atomic E-state index is 0.316. The highest BCUT2D eigenvalue weighted by molar-refractivity contribution is 7.22. The van der Waals surface area contributed by atoms with Crippen LogP contribution in [0.5, 0.6) is 5.75 Å². The quantitative estimate of drug-likeness (QED) is 0.867. The zero-order chi connectivity index (χ0) is 16.0. The number of methoxy groups -OCH3 is 1. The van der Waals surface area contributed by atoms with Crippen molar-refractivity contribution < 1.29 is 9.53 Å². The molecule has 5 nitrogen and oxygen atoms in total. The van der Waals surface area contributed by atoms with E-state index < -0.39 is 0 Å². The normalized spacial score (nSPS) is 18.5. The fraction of sp³-hybridized carbons (Fsp3) is 0.529. The Bertz CT molecular complexity index is 746. The maximum atomic E-state index is 12.2. The monoisotopic (exact) mass is 331 g/mol. The van der Waals surface area contributed by atoms with E-state index in [1.165, 1.54) is 10.3 Å². The number of thiazole rings is 1. The molecule has 2 aliphatic rings. The van der Waals surface area contributed by atoms with Crippen LogP contribution in [0.15, 0.2) is 12.1 Å². The Morgan fingerprint density at radius 3 is 2.65 bits per heavy atom. The fourth-order valence-electron chi connectivity index (χ4n) is 3.11. The largest absolute Gasteiger partial charge is 0.494 e. The minimum atomic E-state index is 0.316. The van der Waals surface area contributed by atoms with Gasteiger partial charge in [-0.05, 0) is 31.4 Å². The molecule has 1 aromatic carbocycles. The number of fused-ring (bicyclic) bond motifs is 1. The van der Waals surface area contributed by atoms with Gasteiger partial charge in [0, 0.05) is 32.1 Å². The van der Waals surface area contributed by atoms with Crippen LogP contribution in [0.1, 0.15) is 18.4 Å². The van der Waals surface area contributed by atoms with E-state index >= 15 is 0 Å². The molecule has 1 aromatic heterocycles. The van der Waals surface area contributed by atoms with Crippen LogP contribution < -0.4 is 9.64 Å². The number of nitrogens with zero attached hydrogens (tertiary/aromatic N) is 3. The third-order valence-electron chi connectivity index (χ3n) is 4.70. The smallest absolute Gasteiger partial charge is 0.225 e. The van der Waals surface area contributed by atoms with E-state index in [1.54, 1.807) is 18.4 Å². The second-order valence-corrected chi connectivity index (χ2v) is 7.32. The van der Waals surface area contributed by atoms with Crippen LogP contribution >= 0.6 is 11.3 Å². The van der Waals surface area contributed by atoms with Crippen molar-refractivity contribution in [2.45, 2.75) is 19.8 Å². The van der Waals surface area contributed by atoms with Crippen LogP contribution in [0, 0.1) is 12.8 Å². The number of hydrogen-bond acceptors (Lipinski definition) is 5. The highest BCUT2D eigenvalue weighted by atomic mass is 32.1. The fourth-order valence-corrected chi connectivity index (χ4v) is 4.21. The summed E-state index contributed by atoms with van der Waals surface area (Å²) in [5.41, 5.74) is 2.18. The van der Waals surface area contributed by atoms with Gasteiger partial charge in [0.25, 0.3) is 0 Å². The van der Waals surface area contributed by atoms with E-state index in [4.69, 9.17) is 9.72 Å². The molecule has 0 radical (unpaired) electrons. The summed E-state index contributed by atoms with van der Waals surface area (Å²) in [7, 11) is 1.69. The average Bonchev–Trinajstić information content (AvgIpc) is 3.33. The van der Waals surface area contributed by atoms with Crippen LogP contribution in [0.25, 0.3) is 10.2 Å². The van der Waals surface area contributed by atoms with Crippen molar-refractivity contribution in [1.29, 1.82) is 0 Å². The summed E-state index contributed by atoms with van der Waals surface area (Å²) in [5, 5.41) is 1.03. The highest BCUT2D eigenvalue weighted by Gasteiger charge is 2.34. The number of aryl methyl sites for hydroxylation is 1. The van der Waals surface area contributed by atoms with Gasteiger partial charge in [-0.3, -0.25) is 4.79 Å². The molecule has 1 saturated carbocycles. The molecule has 23 heavy (non-hydrogen) atoms. The number of piperazine rings is 1. The van der Waals surface area contributed by atoms with Gasteiger partial charge in [-0.25, -0.2) is 4.98 Å². The van der Waals surface area contributed by atoms with Crippen molar-refractivity contribution in [2.75, 3.05) is 38.2 Å². The zero-order valence-corrected chi connectivity index (χ0v) is 14.4. The van der Waals surface area contributed by atoms with Crippen molar-refractivity contribution in [2.24, 2.45) is 5.92 Å². The Morgan fingerprint density at radius 1 is 1.26 bits per heavy atom. The lowest BCUT2D eigenvalue weighted by atomic mass is 10.2. The molecule has 4 rings (SSSR count). The van der Waals surface area contributed by atoms with Crippen LogP contribution in [-0.2, 0) is 4.79 Å². The number of carbonyl (C=O) groups is 1. The first kappa shape index (κ1) is 14.8. The summed E-state index contributed by atoms with van der Waals surface area (Å²) < 4.78 is 6.63. The Hall–Kier alpha value is -1.82. The van der Waals surface area contributed by atoms with Gasteiger partial charge >= 0.3 is 0 Å². The molecule has 2 heterocycles. The van der Waals surface area contributed by atoms with Gasteiger partial charge in [-0.15, -0.1) is 0 Å². The number of aromatic nitrogens is 1. The van der Waals surface area contributed by atoms with E-state index in [-0.39, 0.29) is 0 Å². The van der Waals surface area contributed by atoms with Gasteiger partial charge in [0.05, 0.1) is 11.8 Å². The van der Waals surface area contributed by atoms with E-state index in [1.807, 2.05) is 11.0 Å². The van der Waals surface area contributed by atoms with Gasteiger partial charge < -0.3 is 14.5 Å². The minimum Gasteiger partial charge on any atom is -0.494 e. The van der Waals surface area contributed by atoms with Crippen LogP contribution in [0.3, 0.4) is 0 Å². The molecular weight excluding hydrogens is 310 g/mol. The molecular formula is C17H21N3O2S. The van der Waals surface area contributed by atoms with Crippen molar-refractivity contribution in [1.82, 2.24) is 9.88 Å². The van der Waals surface area contributed by atoms with E-state index in [0.717, 1.165) is 55.4 Å².